The van der Waals surface area contributed by atoms with Crippen LogP contribution in [0.1, 0.15) is 1.43 Å². The van der Waals surface area contributed by atoms with E-state index in [1.807, 2.05) is 0 Å². The first kappa shape index (κ1) is 14.9. The van der Waals surface area contributed by atoms with Gasteiger partial charge < -0.3 is 1.43 Å². The van der Waals surface area contributed by atoms with Crippen molar-refractivity contribution in [1.29, 1.82) is 0 Å². The van der Waals surface area contributed by atoms with Gasteiger partial charge >= 0.3 is 72.2 Å². The van der Waals surface area contributed by atoms with Crippen molar-refractivity contribution in [3.8, 4) is 0 Å². The molecule has 0 saturated heterocycles. The van der Waals surface area contributed by atoms with Crippen molar-refractivity contribution in [3.63, 3.8) is 0 Å². The minimum atomic E-state index is -5.17. The monoisotopic (exact) mass is 234 g/mol. The van der Waals surface area contributed by atoms with E-state index in [-0.39, 0.29) is 52.8 Å². The molecule has 0 aliphatic rings. The van der Waals surface area contributed by atoms with E-state index in [1.54, 1.807) is 0 Å². The van der Waals surface area contributed by atoms with E-state index in [9.17, 15) is 16.8 Å². The fourth-order valence-corrected chi connectivity index (χ4v) is 1.06. The Labute approximate surface area is 107 Å². The normalized spacial score (nSPS) is 12.2. The summed E-state index contributed by atoms with van der Waals surface area (Å²) in [5, 5.41) is 7.37. The van der Waals surface area contributed by atoms with Crippen LogP contribution in [-0.2, 0) is 28.8 Å². The number of hydrogen-bond donors (Lipinski definition) is 2. The van der Waals surface area contributed by atoms with E-state index < -0.39 is 20.8 Å². The van der Waals surface area contributed by atoms with Gasteiger partial charge in [-0.2, -0.15) is 16.8 Å². The van der Waals surface area contributed by atoms with Crippen molar-refractivity contribution >= 4 is 20.8 Å². The zero-order valence-corrected chi connectivity index (χ0v) is 9.92. The molecule has 0 heterocycles. The molecule has 0 amide bonds. The van der Waals surface area contributed by atoms with Gasteiger partial charge in [0.2, 0.25) is 0 Å². The van der Waals surface area contributed by atoms with E-state index in [4.69, 9.17) is 9.81 Å². The molecule has 0 aromatic rings. The molecule has 0 aromatic carbocycles. The quantitative estimate of drug-likeness (QED) is 0.217. The topological polar surface area (TPSA) is 127 Å². The van der Waals surface area contributed by atoms with Gasteiger partial charge in [0.05, 0.1) is 0 Å². The third-order valence-electron chi connectivity index (χ3n) is 0.261. The van der Waals surface area contributed by atoms with Crippen molar-refractivity contribution in [1.82, 2.24) is 0 Å². The molecule has 64 valence electrons. The van der Waals surface area contributed by atoms with Gasteiger partial charge in [-0.25, -0.2) is 5.26 Å². The zero-order valence-electron chi connectivity index (χ0n) is 6.16. The van der Waals surface area contributed by atoms with E-state index in [1.165, 1.54) is 0 Å². The summed E-state index contributed by atoms with van der Waals surface area (Å²) >= 11 is 0. The van der Waals surface area contributed by atoms with Crippen LogP contribution in [0.3, 0.4) is 0 Å². The fraction of sp³-hybridized carbons (Fsp3) is 0. The van der Waals surface area contributed by atoms with Gasteiger partial charge in [-0.15, -0.1) is 0 Å². The molecule has 0 aromatic heterocycles. The predicted octanol–water partition coefficient (Wildman–Crippen LogP) is -4.34. The third-order valence-corrected chi connectivity index (χ3v) is 1.80. The van der Waals surface area contributed by atoms with E-state index in [0.29, 0.717) is 0 Å². The molecule has 0 rings (SSSR count). The molecule has 11 heteroatoms. The second-order valence-corrected chi connectivity index (χ2v) is 3.34. The summed E-state index contributed by atoms with van der Waals surface area (Å²) in [4.78, 5) is 0. The Bertz CT molecular complexity index is 285. The van der Waals surface area contributed by atoms with Gasteiger partial charge in [0, 0.05) is 0 Å². The maximum atomic E-state index is 9.78. The van der Waals surface area contributed by atoms with Crippen LogP contribution in [0.4, 0.5) is 0 Å². The molecule has 0 spiro atoms. The molecule has 2 N–H and O–H groups in total. The molecular formula is H3KO8S2. The number of hydrogen-bond acceptors (Lipinski definition) is 7. The van der Waals surface area contributed by atoms with Gasteiger partial charge in [-0.1, -0.05) is 7.96 Å². The fourth-order valence-electron chi connectivity index (χ4n) is 0.118. The van der Waals surface area contributed by atoms with Gasteiger partial charge in [0.1, 0.15) is 0 Å². The van der Waals surface area contributed by atoms with Crippen LogP contribution in [-0.4, -0.2) is 26.6 Å². The Morgan fingerprint density at radius 3 is 1.64 bits per heavy atom. The van der Waals surface area contributed by atoms with Crippen molar-refractivity contribution in [2.45, 2.75) is 0 Å². The summed E-state index contributed by atoms with van der Waals surface area (Å²) in [7, 11) is -10.2. The van der Waals surface area contributed by atoms with E-state index in [2.05, 4.69) is 7.96 Å². The Morgan fingerprint density at radius 1 is 1.18 bits per heavy atom. The van der Waals surface area contributed by atoms with Gasteiger partial charge in [0.15, 0.2) is 0 Å². The summed E-state index contributed by atoms with van der Waals surface area (Å²) in [6.45, 7) is 0. The maximum absolute atomic E-state index is 9.78. The smallest absolute Gasteiger partial charge is 1.00 e. The standard InChI is InChI=1S/K.H2O8S2.H/c;1-7-10(5,6)8-9(2,3)4;/h;1H,(H,2,3,4);/q+1;;-1. The molecular weight excluding hydrogens is 231 g/mol. The summed E-state index contributed by atoms with van der Waals surface area (Å²) < 4.78 is 51.7. The Balaban J connectivity index is -0.000000405. The summed E-state index contributed by atoms with van der Waals surface area (Å²) in [6, 6.07) is 0. The Morgan fingerprint density at radius 2 is 1.55 bits per heavy atom. The first-order valence-electron chi connectivity index (χ1n) is 1.53. The molecule has 0 atom stereocenters. The molecule has 0 saturated carbocycles. The molecule has 11 heavy (non-hydrogen) atoms. The number of rotatable bonds is 3. The molecule has 8 nitrogen and oxygen atoms in total. The first-order valence-corrected chi connectivity index (χ1v) is 4.23. The van der Waals surface area contributed by atoms with Gasteiger partial charge in [-0.3, -0.25) is 4.55 Å². The summed E-state index contributed by atoms with van der Waals surface area (Å²) in [6.07, 6.45) is 0. The molecule has 0 fully saturated rings. The Hall–Kier alpha value is 1.38. The van der Waals surface area contributed by atoms with Gasteiger partial charge in [0.25, 0.3) is 0 Å². The van der Waals surface area contributed by atoms with Crippen LogP contribution in [0.2, 0.25) is 0 Å². The van der Waals surface area contributed by atoms with Crippen molar-refractivity contribution in [2.24, 2.45) is 0 Å². The van der Waals surface area contributed by atoms with Gasteiger partial charge in [-0.05, 0) is 0 Å². The van der Waals surface area contributed by atoms with Crippen molar-refractivity contribution in [3.05, 3.63) is 0 Å². The SMILES string of the molecule is O=S(=O)(O)OS(=O)(=O)OO.[H-].[K+]. The average Bonchev–Trinajstić information content (AvgIpc) is 1.60. The van der Waals surface area contributed by atoms with E-state index in [0.717, 1.165) is 0 Å². The molecule has 0 radical (unpaired) electrons. The van der Waals surface area contributed by atoms with Crippen molar-refractivity contribution < 1.29 is 87.4 Å². The van der Waals surface area contributed by atoms with Crippen molar-refractivity contribution in [2.75, 3.05) is 0 Å². The Kier molecular flexibility index (Phi) is 7.01. The van der Waals surface area contributed by atoms with E-state index >= 15 is 0 Å². The molecule has 0 aliphatic heterocycles. The molecule has 0 bridgehead atoms. The maximum Gasteiger partial charge on any atom is 1.00 e. The molecule has 0 aliphatic carbocycles. The van der Waals surface area contributed by atoms with Crippen LogP contribution in [0.25, 0.3) is 0 Å². The van der Waals surface area contributed by atoms with Crippen LogP contribution >= 0.6 is 0 Å². The minimum absolute atomic E-state index is 0. The zero-order chi connectivity index (χ0) is 8.41. The summed E-state index contributed by atoms with van der Waals surface area (Å²) in [5.41, 5.74) is 0. The first-order chi connectivity index (χ1) is 4.27. The summed E-state index contributed by atoms with van der Waals surface area (Å²) in [5.74, 6) is 0. The largest absolute Gasteiger partial charge is 1.00 e. The van der Waals surface area contributed by atoms with Crippen LogP contribution in [0, 0.1) is 0 Å². The third kappa shape index (κ3) is 9.29. The average molecular weight is 234 g/mol. The van der Waals surface area contributed by atoms with Crippen LogP contribution < -0.4 is 51.4 Å². The minimum Gasteiger partial charge on any atom is -1.00 e. The second kappa shape index (κ2) is 5.18. The van der Waals surface area contributed by atoms with Crippen LogP contribution in [0.15, 0.2) is 0 Å². The molecule has 0 unspecified atom stereocenters. The second-order valence-electron chi connectivity index (χ2n) is 0.979. The van der Waals surface area contributed by atoms with Crippen LogP contribution in [0.5, 0.6) is 0 Å². The predicted molar refractivity (Wildman–Crippen MR) is 26.4 cm³/mol.